The first-order chi connectivity index (χ1) is 10.0. The summed E-state index contributed by atoms with van der Waals surface area (Å²) in [6, 6.07) is 0. The Hall–Kier alpha value is -1.10. The minimum absolute atomic E-state index is 0.0959. The van der Waals surface area contributed by atoms with Crippen LogP contribution in [0.4, 0.5) is 0 Å². The lowest BCUT2D eigenvalue weighted by Gasteiger charge is -2.15. The molecule has 0 aromatic rings. The van der Waals surface area contributed by atoms with Crippen LogP contribution in [0.1, 0.15) is 65.2 Å². The molecule has 0 heterocycles. The van der Waals surface area contributed by atoms with Crippen LogP contribution >= 0.6 is 0 Å². The number of carboxylic acid groups (broad SMARTS) is 1. The molecule has 21 heavy (non-hydrogen) atoms. The summed E-state index contributed by atoms with van der Waals surface area (Å²) >= 11 is 0. The standard InChI is InChI=1S/C16H32N2O3/c1-3-13(9-11-17)5-7-15(19)18-12-10-14(4-2)6-8-16(20)21/h13-14H,3-12,17H2,1-2H3,(H,18,19)(H,20,21). The molecule has 5 heteroatoms. The fourth-order valence-electron chi connectivity index (χ4n) is 2.51. The van der Waals surface area contributed by atoms with Crippen LogP contribution in [0.5, 0.6) is 0 Å². The molecule has 0 radical (unpaired) electrons. The maximum Gasteiger partial charge on any atom is 0.303 e. The number of hydrogen-bond donors (Lipinski definition) is 3. The molecule has 2 atom stereocenters. The Balaban J connectivity index is 3.78. The summed E-state index contributed by atoms with van der Waals surface area (Å²) in [6.45, 7) is 5.52. The van der Waals surface area contributed by atoms with E-state index < -0.39 is 5.97 Å². The van der Waals surface area contributed by atoms with E-state index in [9.17, 15) is 9.59 Å². The molecular formula is C16H32N2O3. The molecule has 124 valence electrons. The Morgan fingerprint density at radius 2 is 1.57 bits per heavy atom. The molecule has 0 rings (SSSR count). The Kier molecular flexibility index (Phi) is 12.0. The van der Waals surface area contributed by atoms with Gasteiger partial charge in [-0.3, -0.25) is 9.59 Å². The molecule has 0 bridgehead atoms. The highest BCUT2D eigenvalue weighted by molar-refractivity contribution is 5.75. The minimum Gasteiger partial charge on any atom is -0.481 e. The summed E-state index contributed by atoms with van der Waals surface area (Å²) in [5.74, 6) is 0.267. The lowest BCUT2D eigenvalue weighted by molar-refractivity contribution is -0.137. The van der Waals surface area contributed by atoms with Crippen LogP contribution in [-0.2, 0) is 9.59 Å². The van der Waals surface area contributed by atoms with Crippen molar-refractivity contribution in [3.8, 4) is 0 Å². The topological polar surface area (TPSA) is 92.4 Å². The molecule has 0 spiro atoms. The number of aliphatic carboxylic acids is 1. The van der Waals surface area contributed by atoms with Gasteiger partial charge < -0.3 is 16.2 Å². The average molecular weight is 300 g/mol. The molecule has 1 amide bonds. The molecule has 0 fully saturated rings. The average Bonchev–Trinajstić information content (AvgIpc) is 2.46. The molecule has 0 aromatic carbocycles. The number of amides is 1. The van der Waals surface area contributed by atoms with Crippen molar-refractivity contribution in [3.05, 3.63) is 0 Å². The Morgan fingerprint density at radius 3 is 2.10 bits per heavy atom. The van der Waals surface area contributed by atoms with Crippen molar-refractivity contribution < 1.29 is 14.7 Å². The van der Waals surface area contributed by atoms with Gasteiger partial charge in [0.25, 0.3) is 0 Å². The lowest BCUT2D eigenvalue weighted by Crippen LogP contribution is -2.26. The van der Waals surface area contributed by atoms with Crippen LogP contribution in [0.25, 0.3) is 0 Å². The third kappa shape index (κ3) is 11.3. The van der Waals surface area contributed by atoms with Crippen molar-refractivity contribution in [2.75, 3.05) is 13.1 Å². The number of nitrogens with one attached hydrogen (secondary N) is 1. The summed E-state index contributed by atoms with van der Waals surface area (Å²) in [4.78, 5) is 22.3. The van der Waals surface area contributed by atoms with Gasteiger partial charge in [-0.15, -0.1) is 0 Å². The van der Waals surface area contributed by atoms with Gasteiger partial charge in [0.05, 0.1) is 0 Å². The fourth-order valence-corrected chi connectivity index (χ4v) is 2.51. The van der Waals surface area contributed by atoms with Crippen molar-refractivity contribution in [2.24, 2.45) is 17.6 Å². The predicted molar refractivity (Wildman–Crippen MR) is 85.0 cm³/mol. The monoisotopic (exact) mass is 300 g/mol. The van der Waals surface area contributed by atoms with Crippen LogP contribution in [0.3, 0.4) is 0 Å². The number of carbonyl (C=O) groups is 2. The summed E-state index contributed by atoms with van der Waals surface area (Å²) < 4.78 is 0. The fraction of sp³-hybridized carbons (Fsp3) is 0.875. The molecule has 2 unspecified atom stereocenters. The van der Waals surface area contributed by atoms with E-state index in [0.717, 1.165) is 32.1 Å². The summed E-state index contributed by atoms with van der Waals surface area (Å²) in [5.41, 5.74) is 5.55. The number of carbonyl (C=O) groups excluding carboxylic acids is 1. The normalized spacial score (nSPS) is 13.7. The number of carboxylic acids is 1. The first kappa shape index (κ1) is 19.9. The second-order valence-corrected chi connectivity index (χ2v) is 5.74. The minimum atomic E-state index is -0.747. The molecule has 0 saturated heterocycles. The van der Waals surface area contributed by atoms with Gasteiger partial charge in [0, 0.05) is 19.4 Å². The third-order valence-electron chi connectivity index (χ3n) is 4.15. The quantitative estimate of drug-likeness (QED) is 0.487. The Morgan fingerprint density at radius 1 is 1.00 bits per heavy atom. The van der Waals surface area contributed by atoms with E-state index in [1.54, 1.807) is 0 Å². The summed E-state index contributed by atoms with van der Waals surface area (Å²) in [5, 5.41) is 11.6. The summed E-state index contributed by atoms with van der Waals surface area (Å²) in [7, 11) is 0. The van der Waals surface area contributed by atoms with Crippen LogP contribution in [-0.4, -0.2) is 30.1 Å². The Labute approximate surface area is 128 Å². The predicted octanol–water partition coefficient (Wildman–Crippen LogP) is 2.54. The van der Waals surface area contributed by atoms with Gasteiger partial charge in [0.2, 0.25) is 5.91 Å². The molecule has 0 aliphatic rings. The Bertz CT molecular complexity index is 295. The number of rotatable bonds is 13. The van der Waals surface area contributed by atoms with Gasteiger partial charge in [-0.2, -0.15) is 0 Å². The summed E-state index contributed by atoms with van der Waals surface area (Å²) in [6.07, 6.45) is 6.22. The van der Waals surface area contributed by atoms with E-state index in [0.29, 0.717) is 37.8 Å². The zero-order chi connectivity index (χ0) is 16.1. The second-order valence-electron chi connectivity index (χ2n) is 5.74. The van der Waals surface area contributed by atoms with Crippen molar-refractivity contribution >= 4 is 11.9 Å². The van der Waals surface area contributed by atoms with Crippen molar-refractivity contribution in [3.63, 3.8) is 0 Å². The zero-order valence-electron chi connectivity index (χ0n) is 13.6. The van der Waals surface area contributed by atoms with Gasteiger partial charge in [0.1, 0.15) is 0 Å². The van der Waals surface area contributed by atoms with E-state index in [-0.39, 0.29) is 12.3 Å². The van der Waals surface area contributed by atoms with Crippen molar-refractivity contribution in [1.82, 2.24) is 5.32 Å². The van der Waals surface area contributed by atoms with Crippen LogP contribution in [0.15, 0.2) is 0 Å². The SMILES string of the molecule is CCC(CCNC(=O)CCC(CC)CCN)CCC(=O)O. The highest BCUT2D eigenvalue weighted by atomic mass is 16.4. The van der Waals surface area contributed by atoms with E-state index in [1.807, 2.05) is 0 Å². The van der Waals surface area contributed by atoms with E-state index in [2.05, 4.69) is 19.2 Å². The smallest absolute Gasteiger partial charge is 0.303 e. The van der Waals surface area contributed by atoms with Gasteiger partial charge in [-0.1, -0.05) is 26.7 Å². The molecular weight excluding hydrogens is 268 g/mol. The molecule has 0 saturated carbocycles. The molecule has 0 aliphatic carbocycles. The van der Waals surface area contributed by atoms with Crippen molar-refractivity contribution in [2.45, 2.75) is 65.2 Å². The van der Waals surface area contributed by atoms with Gasteiger partial charge in [-0.25, -0.2) is 0 Å². The van der Waals surface area contributed by atoms with E-state index in [1.165, 1.54) is 0 Å². The lowest BCUT2D eigenvalue weighted by atomic mass is 9.96. The number of hydrogen-bond acceptors (Lipinski definition) is 3. The molecule has 0 aliphatic heterocycles. The second kappa shape index (κ2) is 12.6. The number of nitrogens with two attached hydrogens (primary N) is 1. The van der Waals surface area contributed by atoms with Gasteiger partial charge >= 0.3 is 5.97 Å². The van der Waals surface area contributed by atoms with Crippen molar-refractivity contribution in [1.29, 1.82) is 0 Å². The van der Waals surface area contributed by atoms with Crippen LogP contribution in [0.2, 0.25) is 0 Å². The zero-order valence-corrected chi connectivity index (χ0v) is 13.6. The van der Waals surface area contributed by atoms with Crippen LogP contribution < -0.4 is 11.1 Å². The maximum absolute atomic E-state index is 11.8. The highest BCUT2D eigenvalue weighted by Crippen LogP contribution is 2.16. The van der Waals surface area contributed by atoms with E-state index in [4.69, 9.17) is 10.8 Å². The first-order valence-corrected chi connectivity index (χ1v) is 8.21. The molecule has 4 N–H and O–H groups in total. The third-order valence-corrected chi connectivity index (χ3v) is 4.15. The first-order valence-electron chi connectivity index (χ1n) is 8.21. The van der Waals surface area contributed by atoms with E-state index >= 15 is 0 Å². The largest absolute Gasteiger partial charge is 0.481 e. The highest BCUT2D eigenvalue weighted by Gasteiger charge is 2.11. The van der Waals surface area contributed by atoms with Gasteiger partial charge in [0.15, 0.2) is 0 Å². The van der Waals surface area contributed by atoms with Gasteiger partial charge in [-0.05, 0) is 44.1 Å². The molecule has 0 aromatic heterocycles. The van der Waals surface area contributed by atoms with Crippen LogP contribution in [0, 0.1) is 11.8 Å². The molecule has 5 nitrogen and oxygen atoms in total. The maximum atomic E-state index is 11.8.